The van der Waals surface area contributed by atoms with Crippen LogP contribution in [0.1, 0.15) is 10.4 Å². The van der Waals surface area contributed by atoms with Crippen molar-refractivity contribution in [2.45, 2.75) is 6.18 Å². The number of carbonyl (C=O) groups is 2. The van der Waals surface area contributed by atoms with Gasteiger partial charge in [0.15, 0.2) is 5.92 Å². The molecule has 0 aliphatic heterocycles. The minimum Gasteiger partial charge on any atom is -0.497 e. The number of carboxylic acids is 1. The van der Waals surface area contributed by atoms with Gasteiger partial charge in [0.05, 0.1) is 12.0 Å². The van der Waals surface area contributed by atoms with Gasteiger partial charge in [0.25, 0.3) is 0 Å². The fourth-order valence-corrected chi connectivity index (χ4v) is 1.77. The lowest BCUT2D eigenvalue weighted by molar-refractivity contribution is -0.179. The quantitative estimate of drug-likeness (QED) is 0.669. The number of ether oxygens (including phenoxy) is 1. The highest BCUT2D eigenvalue weighted by atomic mass is 32.1. The van der Waals surface area contributed by atoms with Crippen LogP contribution < -0.4 is 4.74 Å². The predicted molar refractivity (Wildman–Crippen MR) is 67.1 cm³/mol. The number of rotatable bonds is 5. The van der Waals surface area contributed by atoms with Gasteiger partial charge >= 0.3 is 12.1 Å². The molecule has 1 aromatic carbocycles. The zero-order valence-corrected chi connectivity index (χ0v) is 10.9. The number of ketones is 1. The number of thiocarbonyl (C=S) groups is 1. The number of carboxylic acid groups (broad SMARTS) is 1. The van der Waals surface area contributed by atoms with E-state index in [0.29, 0.717) is 5.75 Å². The highest BCUT2D eigenvalue weighted by Gasteiger charge is 2.49. The molecule has 1 unspecified atom stereocenters. The number of hydrogen-bond acceptors (Lipinski definition) is 4. The Bertz CT molecular complexity index is 537. The van der Waals surface area contributed by atoms with Gasteiger partial charge in [0.2, 0.25) is 5.78 Å². The lowest BCUT2D eigenvalue weighted by Gasteiger charge is -2.16. The maximum absolute atomic E-state index is 12.6. The van der Waals surface area contributed by atoms with Crippen molar-refractivity contribution in [3.63, 3.8) is 0 Å². The average Bonchev–Trinajstić information content (AvgIpc) is 2.35. The molecular weight excluding hydrogens is 297 g/mol. The molecule has 1 atom stereocenters. The van der Waals surface area contributed by atoms with Gasteiger partial charge in [0.1, 0.15) is 5.75 Å². The zero-order chi connectivity index (χ0) is 15.5. The first-order valence-electron chi connectivity index (χ1n) is 5.20. The Labute approximate surface area is 117 Å². The Morgan fingerprint density at radius 3 is 2.10 bits per heavy atom. The summed E-state index contributed by atoms with van der Waals surface area (Å²) >= 11 is 4.38. The third-order valence-corrected chi connectivity index (χ3v) is 2.83. The number of benzene rings is 1. The zero-order valence-electron chi connectivity index (χ0n) is 10.1. The molecule has 8 heteroatoms. The van der Waals surface area contributed by atoms with Gasteiger partial charge < -0.3 is 9.84 Å². The summed E-state index contributed by atoms with van der Waals surface area (Å²) < 4.78 is 42.6. The molecule has 0 bridgehead atoms. The summed E-state index contributed by atoms with van der Waals surface area (Å²) in [4.78, 5) is 21.2. The molecule has 0 saturated heterocycles. The van der Waals surface area contributed by atoms with Gasteiger partial charge in [-0.2, -0.15) is 13.2 Å². The fraction of sp³-hybridized carbons (Fsp3) is 0.250. The molecule has 0 aliphatic carbocycles. The summed E-state index contributed by atoms with van der Waals surface area (Å²) in [6, 6.07) is 5.14. The molecule has 0 spiro atoms. The largest absolute Gasteiger partial charge is 0.497 e. The maximum Gasteiger partial charge on any atom is 0.407 e. The second-order valence-electron chi connectivity index (χ2n) is 3.73. The smallest absolute Gasteiger partial charge is 0.407 e. The van der Waals surface area contributed by atoms with E-state index in [9.17, 15) is 22.8 Å². The Kier molecular flexibility index (Phi) is 4.83. The summed E-state index contributed by atoms with van der Waals surface area (Å²) in [7, 11) is 1.38. The molecule has 0 heterocycles. The number of Topliss-reactive ketones (excluding diaryl/α,β-unsaturated/α-hetero) is 1. The number of aliphatic carboxylic acids is 1. The Morgan fingerprint density at radius 2 is 1.75 bits per heavy atom. The molecule has 1 N–H and O–H groups in total. The first-order chi connectivity index (χ1) is 9.18. The molecule has 108 valence electrons. The number of hydrogen-bond donors (Lipinski definition) is 1. The standard InChI is InChI=1S/C12H9F3O4S/c1-19-7-4-2-6(3-5-7)9(16)10(20)8(11(17)18)12(13,14)15/h2-5,8H,1H3,(H,17,18). The van der Waals surface area contributed by atoms with Crippen molar-refractivity contribution in [2.24, 2.45) is 5.92 Å². The minimum absolute atomic E-state index is 0.133. The molecule has 4 nitrogen and oxygen atoms in total. The lowest BCUT2D eigenvalue weighted by Crippen LogP contribution is -2.40. The van der Waals surface area contributed by atoms with E-state index < -0.39 is 28.7 Å². The van der Waals surface area contributed by atoms with E-state index in [1.807, 2.05) is 0 Å². The molecule has 1 aromatic rings. The first-order valence-corrected chi connectivity index (χ1v) is 5.61. The van der Waals surface area contributed by atoms with E-state index >= 15 is 0 Å². The summed E-state index contributed by atoms with van der Waals surface area (Å²) in [6.45, 7) is 0. The number of methoxy groups -OCH3 is 1. The van der Waals surface area contributed by atoms with Crippen molar-refractivity contribution >= 4 is 28.8 Å². The third kappa shape index (κ3) is 3.53. The van der Waals surface area contributed by atoms with Crippen molar-refractivity contribution in [3.05, 3.63) is 29.8 Å². The van der Waals surface area contributed by atoms with Crippen LogP contribution in [0.4, 0.5) is 13.2 Å². The van der Waals surface area contributed by atoms with Crippen LogP contribution in [0, 0.1) is 5.92 Å². The summed E-state index contributed by atoms with van der Waals surface area (Å²) in [5.74, 6) is -5.94. The van der Waals surface area contributed by atoms with Crippen molar-refractivity contribution in [1.82, 2.24) is 0 Å². The van der Waals surface area contributed by atoms with Crippen LogP contribution in [0.25, 0.3) is 0 Å². The van der Waals surface area contributed by atoms with Gasteiger partial charge in [-0.1, -0.05) is 12.2 Å². The third-order valence-electron chi connectivity index (χ3n) is 2.41. The van der Waals surface area contributed by atoms with Crippen LogP contribution in [0.2, 0.25) is 0 Å². The second-order valence-corrected chi connectivity index (χ2v) is 4.17. The van der Waals surface area contributed by atoms with Crippen LogP contribution >= 0.6 is 12.2 Å². The molecule has 0 fully saturated rings. The maximum atomic E-state index is 12.6. The van der Waals surface area contributed by atoms with Crippen molar-refractivity contribution in [2.75, 3.05) is 7.11 Å². The Morgan fingerprint density at radius 1 is 1.25 bits per heavy atom. The molecule has 0 amide bonds. The van der Waals surface area contributed by atoms with Gasteiger partial charge in [-0.15, -0.1) is 0 Å². The molecular formula is C12H9F3O4S. The summed E-state index contributed by atoms with van der Waals surface area (Å²) in [6.07, 6.45) is -5.12. The normalized spacial score (nSPS) is 12.6. The SMILES string of the molecule is COc1ccc(C(=O)C(=S)C(C(=O)O)C(F)(F)F)cc1. The predicted octanol–water partition coefficient (Wildman–Crippen LogP) is 2.51. The fourth-order valence-electron chi connectivity index (χ4n) is 1.42. The van der Waals surface area contributed by atoms with E-state index in [0.717, 1.165) is 0 Å². The lowest BCUT2D eigenvalue weighted by atomic mass is 9.97. The van der Waals surface area contributed by atoms with Crippen molar-refractivity contribution < 1.29 is 32.6 Å². The first kappa shape index (κ1) is 16.1. The summed E-state index contributed by atoms with van der Waals surface area (Å²) in [5, 5.41) is 8.58. The summed E-state index contributed by atoms with van der Waals surface area (Å²) in [5.41, 5.74) is -0.133. The van der Waals surface area contributed by atoms with Crippen LogP contribution in [-0.4, -0.2) is 35.0 Å². The van der Waals surface area contributed by atoms with E-state index in [4.69, 9.17) is 9.84 Å². The van der Waals surface area contributed by atoms with Crippen LogP contribution in [-0.2, 0) is 4.79 Å². The van der Waals surface area contributed by atoms with E-state index in [-0.39, 0.29) is 5.56 Å². The number of halogens is 3. The Hall–Kier alpha value is -1.96. The van der Waals surface area contributed by atoms with E-state index in [1.165, 1.54) is 31.4 Å². The average molecular weight is 306 g/mol. The molecule has 0 aliphatic rings. The molecule has 0 aromatic heterocycles. The highest BCUT2D eigenvalue weighted by molar-refractivity contribution is 7.82. The van der Waals surface area contributed by atoms with Crippen LogP contribution in [0.3, 0.4) is 0 Å². The Balaban J connectivity index is 3.05. The van der Waals surface area contributed by atoms with Crippen molar-refractivity contribution in [1.29, 1.82) is 0 Å². The monoisotopic (exact) mass is 306 g/mol. The minimum atomic E-state index is -5.12. The van der Waals surface area contributed by atoms with Crippen molar-refractivity contribution in [3.8, 4) is 5.75 Å². The molecule has 20 heavy (non-hydrogen) atoms. The molecule has 0 radical (unpaired) electrons. The van der Waals surface area contributed by atoms with Gasteiger partial charge in [-0.05, 0) is 24.3 Å². The topological polar surface area (TPSA) is 63.6 Å². The number of carbonyl (C=O) groups excluding carboxylic acids is 1. The van der Waals surface area contributed by atoms with E-state index in [2.05, 4.69) is 12.2 Å². The van der Waals surface area contributed by atoms with Crippen LogP contribution in [0.15, 0.2) is 24.3 Å². The van der Waals surface area contributed by atoms with Gasteiger partial charge in [-0.3, -0.25) is 9.59 Å². The van der Waals surface area contributed by atoms with Gasteiger partial charge in [0, 0.05) is 5.56 Å². The van der Waals surface area contributed by atoms with Crippen LogP contribution in [0.5, 0.6) is 5.75 Å². The number of alkyl halides is 3. The highest BCUT2D eigenvalue weighted by Crippen LogP contribution is 2.29. The molecule has 1 rings (SSSR count). The second kappa shape index (κ2) is 6.00. The van der Waals surface area contributed by atoms with E-state index in [1.54, 1.807) is 0 Å². The van der Waals surface area contributed by atoms with Gasteiger partial charge in [-0.25, -0.2) is 0 Å². The molecule has 0 saturated carbocycles.